The number of hydrogen-bond acceptors (Lipinski definition) is 4. The summed E-state index contributed by atoms with van der Waals surface area (Å²) in [6.07, 6.45) is 6.68. The van der Waals surface area contributed by atoms with Gasteiger partial charge in [-0.15, -0.1) is 0 Å². The zero-order valence-electron chi connectivity index (χ0n) is 24.1. The summed E-state index contributed by atoms with van der Waals surface area (Å²) in [7, 11) is 0. The molecule has 2 unspecified atom stereocenters. The van der Waals surface area contributed by atoms with Crippen molar-refractivity contribution in [1.29, 1.82) is 0 Å². The van der Waals surface area contributed by atoms with E-state index in [1.165, 1.54) is 30.5 Å². The van der Waals surface area contributed by atoms with Gasteiger partial charge in [0.1, 0.15) is 17.2 Å². The first-order valence-electron chi connectivity index (χ1n) is 15.4. The van der Waals surface area contributed by atoms with Crippen LogP contribution in [-0.4, -0.2) is 35.3 Å². The van der Waals surface area contributed by atoms with Crippen LogP contribution in [0.3, 0.4) is 0 Å². The highest BCUT2D eigenvalue weighted by molar-refractivity contribution is 9.10. The molecular formula is C35H40BrFN2O3. The van der Waals surface area contributed by atoms with E-state index in [2.05, 4.69) is 51.7 Å². The van der Waals surface area contributed by atoms with E-state index in [4.69, 9.17) is 4.74 Å². The Morgan fingerprint density at radius 2 is 1.86 bits per heavy atom. The summed E-state index contributed by atoms with van der Waals surface area (Å²) < 4.78 is 21.3. The van der Waals surface area contributed by atoms with Gasteiger partial charge in [-0.1, -0.05) is 65.3 Å². The quantitative estimate of drug-likeness (QED) is 0.230. The molecule has 0 bridgehead atoms. The van der Waals surface area contributed by atoms with Gasteiger partial charge < -0.3 is 20.5 Å². The monoisotopic (exact) mass is 634 g/mol. The fourth-order valence-electron chi connectivity index (χ4n) is 6.92. The van der Waals surface area contributed by atoms with E-state index in [0.29, 0.717) is 19.4 Å². The minimum absolute atomic E-state index is 0.0307. The molecule has 5 atom stereocenters. The Hall–Kier alpha value is -2.74. The normalized spacial score (nSPS) is 23.6. The van der Waals surface area contributed by atoms with Gasteiger partial charge in [-0.05, 0) is 91.8 Å². The molecule has 3 aromatic carbocycles. The van der Waals surface area contributed by atoms with Crippen LogP contribution in [0.25, 0.3) is 0 Å². The van der Waals surface area contributed by atoms with Gasteiger partial charge in [0.25, 0.3) is 0 Å². The van der Waals surface area contributed by atoms with Gasteiger partial charge in [0.2, 0.25) is 5.91 Å². The molecule has 1 heterocycles. The number of benzene rings is 3. The lowest BCUT2D eigenvalue weighted by Crippen LogP contribution is -2.50. The molecule has 2 fully saturated rings. The summed E-state index contributed by atoms with van der Waals surface area (Å²) in [4.78, 5) is 13.4. The lowest BCUT2D eigenvalue weighted by atomic mass is 9.85. The molecule has 0 radical (unpaired) electrons. The van der Waals surface area contributed by atoms with Crippen molar-refractivity contribution in [2.24, 2.45) is 5.92 Å². The standard InChI is InChI=1S/C35H40BrFN2O3/c1-2-22-10-13-33-28(16-22)31(20-35(42-33)14-6-7-15-35)38-21-32(40)30(17-23-8-4-3-5-9-23)39-34(41)27-19-25(27)26-18-24(37)11-12-29(26)36/h3-5,8-13,16,18,25,27,30-32,38,40H,2,6-7,14-15,17,19-21H2,1H3,(H,39,41)/t25?,27?,30-,31-,32+/m0/s1. The highest BCUT2D eigenvalue weighted by Gasteiger charge is 2.46. The van der Waals surface area contributed by atoms with Crippen LogP contribution in [0, 0.1) is 11.7 Å². The third-order valence-electron chi connectivity index (χ3n) is 9.42. The van der Waals surface area contributed by atoms with Gasteiger partial charge in [-0.25, -0.2) is 4.39 Å². The fourth-order valence-corrected chi connectivity index (χ4v) is 7.46. The lowest BCUT2D eigenvalue weighted by molar-refractivity contribution is -0.124. The molecule has 2 aliphatic carbocycles. The summed E-state index contributed by atoms with van der Waals surface area (Å²) in [5.74, 6) is 0.285. The number of nitrogens with one attached hydrogen (secondary N) is 2. The van der Waals surface area contributed by atoms with Crippen molar-refractivity contribution in [3.05, 3.63) is 99.3 Å². The van der Waals surface area contributed by atoms with Crippen LogP contribution in [0.1, 0.15) is 79.7 Å². The Balaban J connectivity index is 1.17. The van der Waals surface area contributed by atoms with Crippen molar-refractivity contribution < 1.29 is 19.0 Å². The molecule has 222 valence electrons. The van der Waals surface area contributed by atoms with E-state index in [0.717, 1.165) is 52.6 Å². The van der Waals surface area contributed by atoms with Gasteiger partial charge in [0.15, 0.2) is 0 Å². The maximum absolute atomic E-state index is 13.9. The number of hydrogen-bond donors (Lipinski definition) is 3. The summed E-state index contributed by atoms with van der Waals surface area (Å²) >= 11 is 3.51. The molecule has 1 amide bonds. The first kappa shape index (κ1) is 29.3. The molecule has 42 heavy (non-hydrogen) atoms. The molecule has 1 aliphatic heterocycles. The Bertz CT molecular complexity index is 1410. The fraction of sp³-hybridized carbons (Fsp3) is 0.457. The predicted octanol–water partition coefficient (Wildman–Crippen LogP) is 6.77. The predicted molar refractivity (Wildman–Crippen MR) is 166 cm³/mol. The topological polar surface area (TPSA) is 70.6 Å². The smallest absolute Gasteiger partial charge is 0.224 e. The molecule has 3 aromatic rings. The zero-order valence-corrected chi connectivity index (χ0v) is 25.7. The van der Waals surface area contributed by atoms with E-state index < -0.39 is 12.1 Å². The summed E-state index contributed by atoms with van der Waals surface area (Å²) in [5.41, 5.74) is 4.15. The maximum atomic E-state index is 13.9. The van der Waals surface area contributed by atoms with E-state index in [-0.39, 0.29) is 35.2 Å². The summed E-state index contributed by atoms with van der Waals surface area (Å²) in [6.45, 7) is 2.50. The number of halogens is 2. The van der Waals surface area contributed by atoms with Crippen LogP contribution < -0.4 is 15.4 Å². The number of carbonyl (C=O) groups excluding carboxylic acids is 1. The van der Waals surface area contributed by atoms with Crippen molar-refractivity contribution in [3.63, 3.8) is 0 Å². The van der Waals surface area contributed by atoms with Gasteiger partial charge in [0.05, 0.1) is 12.1 Å². The number of aryl methyl sites for hydroxylation is 1. The molecule has 3 aliphatic rings. The Morgan fingerprint density at radius 3 is 2.62 bits per heavy atom. The van der Waals surface area contributed by atoms with E-state index in [9.17, 15) is 14.3 Å². The highest BCUT2D eigenvalue weighted by atomic mass is 79.9. The number of carbonyl (C=O) groups is 1. The molecule has 0 aromatic heterocycles. The average molecular weight is 636 g/mol. The SMILES string of the molecule is CCc1ccc2c(c1)[C@@H](NC[C@@H](O)[C@H](Cc1ccccc1)NC(=O)C1CC1c1cc(F)ccc1Br)CC1(CCCC1)O2. The molecule has 7 heteroatoms. The third-order valence-corrected chi connectivity index (χ3v) is 10.1. The van der Waals surface area contributed by atoms with Crippen LogP contribution in [0.15, 0.2) is 71.2 Å². The minimum atomic E-state index is -0.799. The average Bonchev–Trinajstić information content (AvgIpc) is 3.68. The largest absolute Gasteiger partial charge is 0.487 e. The highest BCUT2D eigenvalue weighted by Crippen LogP contribution is 2.50. The lowest BCUT2D eigenvalue weighted by Gasteiger charge is -2.41. The number of aliphatic hydroxyl groups is 1. The van der Waals surface area contributed by atoms with Crippen LogP contribution in [0.4, 0.5) is 4.39 Å². The Kier molecular flexibility index (Phi) is 8.71. The van der Waals surface area contributed by atoms with Crippen molar-refractivity contribution in [2.75, 3.05) is 6.54 Å². The molecule has 1 spiro atoms. The second-order valence-corrected chi connectivity index (χ2v) is 13.2. The third kappa shape index (κ3) is 6.43. The van der Waals surface area contributed by atoms with Crippen molar-refractivity contribution in [2.45, 2.75) is 88.0 Å². The van der Waals surface area contributed by atoms with Crippen LogP contribution >= 0.6 is 15.9 Å². The summed E-state index contributed by atoms with van der Waals surface area (Å²) in [6, 6.07) is 20.7. The Morgan fingerprint density at radius 1 is 1.07 bits per heavy atom. The number of ether oxygens (including phenoxy) is 1. The summed E-state index contributed by atoms with van der Waals surface area (Å²) in [5, 5.41) is 18.4. The van der Waals surface area contributed by atoms with Crippen LogP contribution in [0.2, 0.25) is 0 Å². The molecular weight excluding hydrogens is 595 g/mol. The second kappa shape index (κ2) is 12.5. The first-order valence-corrected chi connectivity index (χ1v) is 16.2. The molecule has 0 saturated heterocycles. The van der Waals surface area contributed by atoms with Gasteiger partial charge in [-0.3, -0.25) is 4.79 Å². The molecule has 3 N–H and O–H groups in total. The van der Waals surface area contributed by atoms with Gasteiger partial charge >= 0.3 is 0 Å². The number of amides is 1. The van der Waals surface area contributed by atoms with Crippen LogP contribution in [0.5, 0.6) is 5.75 Å². The Labute approximate surface area is 256 Å². The molecule has 6 rings (SSSR count). The van der Waals surface area contributed by atoms with Crippen molar-refractivity contribution in [3.8, 4) is 5.75 Å². The van der Waals surface area contributed by atoms with Crippen molar-refractivity contribution >= 4 is 21.8 Å². The molecule has 2 saturated carbocycles. The first-order chi connectivity index (χ1) is 20.3. The number of rotatable bonds is 10. The van der Waals surface area contributed by atoms with Crippen molar-refractivity contribution in [1.82, 2.24) is 10.6 Å². The minimum Gasteiger partial charge on any atom is -0.487 e. The van der Waals surface area contributed by atoms with Gasteiger partial charge in [-0.2, -0.15) is 0 Å². The number of aliphatic hydroxyl groups excluding tert-OH is 1. The van der Waals surface area contributed by atoms with Crippen LogP contribution in [-0.2, 0) is 17.6 Å². The number of fused-ring (bicyclic) bond motifs is 1. The van der Waals surface area contributed by atoms with E-state index in [1.54, 1.807) is 6.07 Å². The molecule has 5 nitrogen and oxygen atoms in total. The maximum Gasteiger partial charge on any atom is 0.224 e. The zero-order chi connectivity index (χ0) is 29.3. The second-order valence-electron chi connectivity index (χ2n) is 12.4. The van der Waals surface area contributed by atoms with Gasteiger partial charge in [0, 0.05) is 35.0 Å². The van der Waals surface area contributed by atoms with E-state index in [1.807, 2.05) is 30.3 Å². The van der Waals surface area contributed by atoms with E-state index >= 15 is 0 Å².